The van der Waals surface area contributed by atoms with Crippen LogP contribution in [0.4, 0.5) is 13.6 Å². The molecule has 21 heavy (non-hydrogen) atoms. The molecule has 3 aliphatic carbocycles. The van der Waals surface area contributed by atoms with Crippen molar-refractivity contribution in [1.29, 1.82) is 0 Å². The first-order valence-corrected chi connectivity index (χ1v) is 6.89. The predicted octanol–water partition coefficient (Wildman–Crippen LogP) is 2.49. The fraction of sp³-hybridized carbons (Fsp3) is 0.857. The second-order valence-electron chi connectivity index (χ2n) is 7.16. The molecule has 3 aliphatic rings. The van der Waals surface area contributed by atoms with Crippen molar-refractivity contribution in [3.8, 4) is 0 Å². The van der Waals surface area contributed by atoms with Gasteiger partial charge >= 0.3 is 12.1 Å². The Bertz CT molecular complexity index is 439. The van der Waals surface area contributed by atoms with Crippen molar-refractivity contribution < 1.29 is 27.8 Å². The van der Waals surface area contributed by atoms with Crippen LogP contribution in [0.5, 0.6) is 0 Å². The van der Waals surface area contributed by atoms with Crippen molar-refractivity contribution in [2.45, 2.75) is 58.1 Å². The van der Waals surface area contributed by atoms with Gasteiger partial charge in [-0.05, 0) is 40.0 Å². The first-order chi connectivity index (χ1) is 9.54. The van der Waals surface area contributed by atoms with E-state index >= 15 is 0 Å². The minimum absolute atomic E-state index is 0.229. The summed E-state index contributed by atoms with van der Waals surface area (Å²) in [4.78, 5) is 23.7. The zero-order chi connectivity index (χ0) is 16.1. The maximum atomic E-state index is 12.9. The molecule has 0 aromatic rings. The van der Waals surface area contributed by atoms with E-state index in [4.69, 9.17) is 4.74 Å². The Balaban J connectivity index is 2.02. The van der Waals surface area contributed by atoms with Crippen molar-refractivity contribution in [2.75, 3.05) is 7.11 Å². The number of carbonyl (C=O) groups excluding carboxylic acids is 2. The van der Waals surface area contributed by atoms with Gasteiger partial charge < -0.3 is 14.8 Å². The summed E-state index contributed by atoms with van der Waals surface area (Å²) in [5.74, 6) is -0.622. The molecule has 120 valence electrons. The van der Waals surface area contributed by atoms with E-state index in [1.165, 1.54) is 7.11 Å². The second-order valence-corrected chi connectivity index (χ2v) is 7.16. The Morgan fingerprint density at radius 2 is 1.67 bits per heavy atom. The molecule has 0 aromatic carbocycles. The number of esters is 1. The summed E-state index contributed by atoms with van der Waals surface area (Å²) >= 11 is 0. The summed E-state index contributed by atoms with van der Waals surface area (Å²) in [5, 5.41) is 2.48. The van der Waals surface area contributed by atoms with Crippen LogP contribution in [0.2, 0.25) is 0 Å². The Hall–Kier alpha value is -1.40. The zero-order valence-corrected chi connectivity index (χ0v) is 12.7. The lowest BCUT2D eigenvalue weighted by Gasteiger charge is -2.71. The van der Waals surface area contributed by atoms with E-state index in [0.717, 1.165) is 0 Å². The lowest BCUT2D eigenvalue weighted by atomic mass is 9.33. The number of hydrogen-bond donors (Lipinski definition) is 1. The molecule has 0 radical (unpaired) electrons. The van der Waals surface area contributed by atoms with E-state index in [1.807, 2.05) is 0 Å². The van der Waals surface area contributed by atoms with E-state index in [2.05, 4.69) is 10.1 Å². The number of rotatable bonds is 4. The predicted molar refractivity (Wildman–Crippen MR) is 69.9 cm³/mol. The SMILES string of the molecule is COC(=O)C(NC(=O)OC(C)(C)C)C12CC(C(F)F)(C1)C2. The van der Waals surface area contributed by atoms with Gasteiger partial charge in [0.1, 0.15) is 11.6 Å². The number of alkyl halides is 2. The van der Waals surface area contributed by atoms with Gasteiger partial charge in [-0.2, -0.15) is 0 Å². The van der Waals surface area contributed by atoms with Gasteiger partial charge in [-0.25, -0.2) is 18.4 Å². The van der Waals surface area contributed by atoms with E-state index in [1.54, 1.807) is 20.8 Å². The average Bonchev–Trinajstić information content (AvgIpc) is 2.19. The van der Waals surface area contributed by atoms with E-state index in [9.17, 15) is 18.4 Å². The molecule has 0 aromatic heterocycles. The highest BCUT2D eigenvalue weighted by atomic mass is 19.3. The number of ether oxygens (including phenoxy) is 2. The number of alkyl carbamates (subject to hydrolysis) is 1. The smallest absolute Gasteiger partial charge is 0.408 e. The largest absolute Gasteiger partial charge is 0.467 e. The lowest BCUT2D eigenvalue weighted by molar-refractivity contribution is -0.277. The molecule has 0 aliphatic heterocycles. The molecule has 1 unspecified atom stereocenters. The molecule has 7 heteroatoms. The van der Waals surface area contributed by atoms with Crippen LogP contribution in [-0.4, -0.2) is 37.2 Å². The molecule has 0 saturated heterocycles. The molecule has 2 bridgehead atoms. The molecule has 1 N–H and O–H groups in total. The minimum Gasteiger partial charge on any atom is -0.467 e. The van der Waals surface area contributed by atoms with Crippen molar-refractivity contribution >= 4 is 12.1 Å². The molecule has 3 rings (SSSR count). The van der Waals surface area contributed by atoms with E-state index in [-0.39, 0.29) is 19.3 Å². The fourth-order valence-electron chi connectivity index (χ4n) is 3.49. The van der Waals surface area contributed by atoms with Crippen molar-refractivity contribution in [3.05, 3.63) is 0 Å². The van der Waals surface area contributed by atoms with Gasteiger partial charge in [-0.15, -0.1) is 0 Å². The van der Waals surface area contributed by atoms with Crippen LogP contribution in [0.15, 0.2) is 0 Å². The number of halogens is 2. The standard InChI is InChI=1S/C14H21F2NO4/c1-12(2,3)21-11(19)17-8(9(18)20-4)13-5-14(6-13,7-13)10(15)16/h8,10H,5-7H2,1-4H3,(H,17,19). The number of carbonyl (C=O) groups is 2. The quantitative estimate of drug-likeness (QED) is 0.810. The molecule has 3 saturated carbocycles. The molecule has 5 nitrogen and oxygen atoms in total. The van der Waals surface area contributed by atoms with Crippen LogP contribution >= 0.6 is 0 Å². The molecule has 0 spiro atoms. The number of nitrogens with one attached hydrogen (secondary N) is 1. The minimum atomic E-state index is -2.39. The normalized spacial score (nSPS) is 31.8. The first-order valence-electron chi connectivity index (χ1n) is 6.89. The van der Waals surface area contributed by atoms with Crippen LogP contribution in [0.3, 0.4) is 0 Å². The number of hydrogen-bond acceptors (Lipinski definition) is 4. The van der Waals surface area contributed by atoms with Gasteiger partial charge in [-0.1, -0.05) is 0 Å². The van der Waals surface area contributed by atoms with Gasteiger partial charge in [0.2, 0.25) is 6.43 Å². The van der Waals surface area contributed by atoms with E-state index in [0.29, 0.717) is 0 Å². The third kappa shape index (κ3) is 2.70. The highest BCUT2D eigenvalue weighted by molar-refractivity contribution is 5.83. The van der Waals surface area contributed by atoms with Gasteiger partial charge in [0.05, 0.1) is 7.11 Å². The Morgan fingerprint density at radius 3 is 2.05 bits per heavy atom. The third-order valence-corrected chi connectivity index (χ3v) is 4.29. The maximum Gasteiger partial charge on any atom is 0.408 e. The maximum absolute atomic E-state index is 12.9. The lowest BCUT2D eigenvalue weighted by Crippen LogP contribution is -2.73. The van der Waals surface area contributed by atoms with Crippen molar-refractivity contribution in [3.63, 3.8) is 0 Å². The number of methoxy groups -OCH3 is 1. The molecular weight excluding hydrogens is 284 g/mol. The topological polar surface area (TPSA) is 64.6 Å². The van der Waals surface area contributed by atoms with Crippen LogP contribution < -0.4 is 5.32 Å². The Morgan fingerprint density at radius 1 is 1.14 bits per heavy atom. The average molecular weight is 305 g/mol. The van der Waals surface area contributed by atoms with Gasteiger partial charge in [-0.3, -0.25) is 0 Å². The summed E-state index contributed by atoms with van der Waals surface area (Å²) < 4.78 is 35.5. The summed E-state index contributed by atoms with van der Waals surface area (Å²) in [7, 11) is 1.21. The van der Waals surface area contributed by atoms with Crippen LogP contribution in [0.1, 0.15) is 40.0 Å². The van der Waals surface area contributed by atoms with Crippen LogP contribution in [0.25, 0.3) is 0 Å². The van der Waals surface area contributed by atoms with Gasteiger partial charge in [0, 0.05) is 10.8 Å². The summed E-state index contributed by atoms with van der Waals surface area (Å²) in [6.07, 6.45) is -2.44. The number of amides is 1. The Labute approximate surface area is 122 Å². The second kappa shape index (κ2) is 4.81. The first kappa shape index (κ1) is 16.0. The van der Waals surface area contributed by atoms with Crippen LogP contribution in [-0.2, 0) is 14.3 Å². The summed E-state index contributed by atoms with van der Waals surface area (Å²) in [5.41, 5.74) is -2.28. The van der Waals surface area contributed by atoms with Gasteiger partial charge in [0.25, 0.3) is 0 Å². The summed E-state index contributed by atoms with van der Waals surface area (Å²) in [6, 6.07) is -0.932. The molecule has 0 heterocycles. The highest BCUT2D eigenvalue weighted by Crippen LogP contribution is 2.76. The highest BCUT2D eigenvalue weighted by Gasteiger charge is 2.75. The third-order valence-electron chi connectivity index (χ3n) is 4.29. The van der Waals surface area contributed by atoms with E-state index < -0.39 is 41.0 Å². The Kier molecular flexibility index (Phi) is 3.66. The summed E-state index contributed by atoms with van der Waals surface area (Å²) in [6.45, 7) is 5.10. The van der Waals surface area contributed by atoms with Crippen molar-refractivity contribution in [1.82, 2.24) is 5.32 Å². The van der Waals surface area contributed by atoms with Gasteiger partial charge in [0.15, 0.2) is 0 Å². The molecular formula is C14H21F2NO4. The zero-order valence-electron chi connectivity index (χ0n) is 12.7. The molecule has 3 fully saturated rings. The monoisotopic (exact) mass is 305 g/mol. The molecule has 1 amide bonds. The van der Waals surface area contributed by atoms with Crippen LogP contribution in [0, 0.1) is 10.8 Å². The molecule has 1 atom stereocenters. The van der Waals surface area contributed by atoms with Crippen molar-refractivity contribution in [2.24, 2.45) is 10.8 Å². The fourth-order valence-corrected chi connectivity index (χ4v) is 3.49.